The van der Waals surface area contributed by atoms with Crippen molar-refractivity contribution in [1.29, 1.82) is 0 Å². The summed E-state index contributed by atoms with van der Waals surface area (Å²) in [6, 6.07) is 4.18. The van der Waals surface area contributed by atoms with Crippen LogP contribution >= 0.6 is 11.8 Å². The van der Waals surface area contributed by atoms with Gasteiger partial charge in [-0.25, -0.2) is 0 Å². The van der Waals surface area contributed by atoms with Crippen LogP contribution in [0.1, 0.15) is 58.1 Å². The second-order valence-electron chi connectivity index (χ2n) is 8.93. The van der Waals surface area contributed by atoms with Crippen LogP contribution in [0, 0.1) is 11.8 Å². The van der Waals surface area contributed by atoms with Gasteiger partial charge in [-0.3, -0.25) is 9.36 Å². The summed E-state index contributed by atoms with van der Waals surface area (Å²) in [6.45, 7) is 7.15. The van der Waals surface area contributed by atoms with Crippen LogP contribution < -0.4 is 10.2 Å². The zero-order chi connectivity index (χ0) is 20.9. The molecule has 0 unspecified atom stereocenters. The Morgan fingerprint density at radius 2 is 1.87 bits per heavy atom. The Balaban J connectivity index is 1.41. The smallest absolute Gasteiger partial charge is 0.230 e. The van der Waals surface area contributed by atoms with Crippen molar-refractivity contribution in [1.82, 2.24) is 20.1 Å². The van der Waals surface area contributed by atoms with Crippen molar-refractivity contribution in [3.05, 3.63) is 24.2 Å². The van der Waals surface area contributed by atoms with E-state index in [9.17, 15) is 4.79 Å². The van der Waals surface area contributed by atoms with Gasteiger partial charge in [0.1, 0.15) is 5.76 Å². The fraction of sp³-hybridized carbons (Fsp3) is 0.682. The molecule has 7 nitrogen and oxygen atoms in total. The number of nitrogens with one attached hydrogen (secondary N) is 1. The normalized spacial score (nSPS) is 22.9. The number of hydrogen-bond donors (Lipinski definition) is 1. The molecule has 2 aliphatic rings. The maximum absolute atomic E-state index is 12.5. The molecule has 0 bridgehead atoms. The summed E-state index contributed by atoms with van der Waals surface area (Å²) in [4.78, 5) is 14.8. The Bertz CT molecular complexity index is 806. The maximum Gasteiger partial charge on any atom is 0.230 e. The van der Waals surface area contributed by atoms with Crippen LogP contribution in [0.5, 0.6) is 0 Å². The topological polar surface area (TPSA) is 76.2 Å². The summed E-state index contributed by atoms with van der Waals surface area (Å²) in [5, 5.41) is 12.9. The van der Waals surface area contributed by atoms with E-state index in [0.29, 0.717) is 18.3 Å². The maximum atomic E-state index is 12.5. The van der Waals surface area contributed by atoms with E-state index in [4.69, 9.17) is 4.42 Å². The first-order valence-corrected chi connectivity index (χ1v) is 12.2. The van der Waals surface area contributed by atoms with Crippen molar-refractivity contribution in [2.45, 2.75) is 70.1 Å². The van der Waals surface area contributed by atoms with Crippen molar-refractivity contribution in [3.8, 4) is 0 Å². The van der Waals surface area contributed by atoms with Gasteiger partial charge in [0.05, 0.1) is 18.6 Å². The number of nitrogens with zero attached hydrogens (tertiary/aromatic N) is 4. The average Bonchev–Trinajstić information content (AvgIpc) is 3.39. The zero-order valence-electron chi connectivity index (χ0n) is 18.0. The molecule has 3 heterocycles. The quantitative estimate of drug-likeness (QED) is 0.669. The van der Waals surface area contributed by atoms with Crippen molar-refractivity contribution in [2.75, 3.05) is 23.7 Å². The molecule has 0 atom stereocenters. The van der Waals surface area contributed by atoms with Crippen molar-refractivity contribution in [2.24, 2.45) is 11.8 Å². The van der Waals surface area contributed by atoms with Crippen LogP contribution in [0.15, 0.2) is 28.0 Å². The largest absolute Gasteiger partial charge is 0.467 e. The summed E-state index contributed by atoms with van der Waals surface area (Å²) >= 11 is 1.46. The minimum Gasteiger partial charge on any atom is -0.467 e. The lowest BCUT2D eigenvalue weighted by molar-refractivity contribution is -0.119. The van der Waals surface area contributed by atoms with Crippen LogP contribution in [0.25, 0.3) is 0 Å². The second-order valence-corrected chi connectivity index (χ2v) is 9.87. The molecule has 1 saturated heterocycles. The first-order valence-electron chi connectivity index (χ1n) is 11.2. The van der Waals surface area contributed by atoms with Gasteiger partial charge in [0.15, 0.2) is 5.16 Å². The number of hydrogen-bond acceptors (Lipinski definition) is 6. The molecule has 0 radical (unpaired) electrons. The van der Waals surface area contributed by atoms with Gasteiger partial charge in [-0.2, -0.15) is 0 Å². The predicted octanol–water partition coefficient (Wildman–Crippen LogP) is 3.94. The summed E-state index contributed by atoms with van der Waals surface area (Å²) in [7, 11) is 0. The summed E-state index contributed by atoms with van der Waals surface area (Å²) in [5.41, 5.74) is 0. The van der Waals surface area contributed by atoms with Gasteiger partial charge in [-0.15, -0.1) is 10.2 Å². The highest BCUT2D eigenvalue weighted by Gasteiger charge is 2.24. The molecular weight excluding hydrogens is 398 g/mol. The molecular formula is C22H33N5O2S. The van der Waals surface area contributed by atoms with E-state index in [1.807, 2.05) is 12.1 Å². The third kappa shape index (κ3) is 5.39. The first-order chi connectivity index (χ1) is 14.6. The number of aromatic nitrogens is 3. The van der Waals surface area contributed by atoms with Gasteiger partial charge in [-0.05, 0) is 62.5 Å². The van der Waals surface area contributed by atoms with E-state index < -0.39 is 0 Å². The van der Waals surface area contributed by atoms with Gasteiger partial charge in [0, 0.05) is 19.1 Å². The van der Waals surface area contributed by atoms with Gasteiger partial charge in [0.2, 0.25) is 11.9 Å². The summed E-state index contributed by atoms with van der Waals surface area (Å²) < 4.78 is 7.66. The predicted molar refractivity (Wildman–Crippen MR) is 119 cm³/mol. The van der Waals surface area contributed by atoms with Gasteiger partial charge >= 0.3 is 0 Å². The number of anilines is 1. The third-order valence-corrected chi connectivity index (χ3v) is 7.34. The van der Waals surface area contributed by atoms with Crippen LogP contribution in [-0.2, 0) is 11.3 Å². The van der Waals surface area contributed by atoms with Gasteiger partial charge in [0.25, 0.3) is 0 Å². The number of furan rings is 1. The molecule has 8 heteroatoms. The molecule has 1 aliphatic heterocycles. The molecule has 2 fully saturated rings. The Morgan fingerprint density at radius 3 is 2.57 bits per heavy atom. The molecule has 1 saturated carbocycles. The molecule has 1 amide bonds. The third-order valence-electron chi connectivity index (χ3n) is 6.37. The van der Waals surface area contributed by atoms with E-state index in [2.05, 4.69) is 38.8 Å². The Morgan fingerprint density at radius 1 is 1.13 bits per heavy atom. The van der Waals surface area contributed by atoms with E-state index in [1.165, 1.54) is 37.4 Å². The van der Waals surface area contributed by atoms with Gasteiger partial charge < -0.3 is 14.6 Å². The summed E-state index contributed by atoms with van der Waals surface area (Å²) in [6.07, 6.45) is 8.60. The molecule has 164 valence electrons. The number of carbonyl (C=O) groups is 1. The number of thioether (sulfide) groups is 1. The molecule has 4 rings (SSSR count). The molecule has 0 aromatic carbocycles. The van der Waals surface area contributed by atoms with Crippen LogP contribution in [-0.4, -0.2) is 45.6 Å². The second kappa shape index (κ2) is 9.90. The number of rotatable bonds is 7. The van der Waals surface area contributed by atoms with Crippen molar-refractivity contribution >= 4 is 23.6 Å². The highest BCUT2D eigenvalue weighted by Crippen LogP contribution is 2.27. The van der Waals surface area contributed by atoms with Crippen LogP contribution in [0.3, 0.4) is 0 Å². The summed E-state index contributed by atoms with van der Waals surface area (Å²) in [5.74, 6) is 3.72. The highest BCUT2D eigenvalue weighted by atomic mass is 32.2. The van der Waals surface area contributed by atoms with Crippen molar-refractivity contribution in [3.63, 3.8) is 0 Å². The van der Waals surface area contributed by atoms with Crippen LogP contribution in [0.4, 0.5) is 5.95 Å². The minimum atomic E-state index is 0.0837. The lowest BCUT2D eigenvalue weighted by atomic mass is 9.87. The lowest BCUT2D eigenvalue weighted by Gasteiger charge is -2.31. The molecule has 1 aliphatic carbocycles. The standard InChI is InChI=1S/C22H33N5O2S/c1-16-5-7-18(8-6-16)23-20(28)15-30-22-25-24-21(26-11-9-17(2)10-12-26)27(22)14-19-4-3-13-29-19/h3-4,13,16-18H,5-12,14-15H2,1-2H3,(H,23,28). The SMILES string of the molecule is CC1CCC(NC(=O)CSc2nnc(N3CCC(C)CC3)n2Cc2ccco2)CC1. The molecule has 2 aromatic heterocycles. The van der Waals surface area contributed by atoms with Crippen LogP contribution in [0.2, 0.25) is 0 Å². The fourth-order valence-electron chi connectivity index (χ4n) is 4.33. The Hall–Kier alpha value is -1.96. The number of carbonyl (C=O) groups excluding carboxylic acids is 1. The van der Waals surface area contributed by atoms with Crippen molar-refractivity contribution < 1.29 is 9.21 Å². The molecule has 0 spiro atoms. The zero-order valence-corrected chi connectivity index (χ0v) is 18.9. The molecule has 30 heavy (non-hydrogen) atoms. The highest BCUT2D eigenvalue weighted by molar-refractivity contribution is 7.99. The first kappa shape index (κ1) is 21.3. The van der Waals surface area contributed by atoms with E-state index in [0.717, 1.165) is 54.6 Å². The van der Waals surface area contributed by atoms with E-state index >= 15 is 0 Å². The fourth-order valence-corrected chi connectivity index (χ4v) is 5.08. The Labute approximate surface area is 183 Å². The Kier molecular flexibility index (Phi) is 7.02. The number of amides is 1. The van der Waals surface area contributed by atoms with E-state index in [-0.39, 0.29) is 5.91 Å². The van der Waals surface area contributed by atoms with Gasteiger partial charge in [-0.1, -0.05) is 25.6 Å². The minimum absolute atomic E-state index is 0.0837. The molecule has 1 N–H and O–H groups in total. The monoisotopic (exact) mass is 431 g/mol. The number of piperidine rings is 1. The van der Waals surface area contributed by atoms with E-state index in [1.54, 1.807) is 6.26 Å². The average molecular weight is 432 g/mol. The molecule has 2 aromatic rings. The lowest BCUT2D eigenvalue weighted by Crippen LogP contribution is -2.38.